The van der Waals surface area contributed by atoms with Gasteiger partial charge in [-0.2, -0.15) is 4.98 Å². The van der Waals surface area contributed by atoms with Gasteiger partial charge in [0.15, 0.2) is 0 Å². The van der Waals surface area contributed by atoms with Gasteiger partial charge in [0.05, 0.1) is 31.7 Å². The minimum Gasteiger partial charge on any atom is -0.465 e. The van der Waals surface area contributed by atoms with Crippen LogP contribution in [0, 0.1) is 5.92 Å². The summed E-state index contributed by atoms with van der Waals surface area (Å²) in [5.41, 5.74) is 4.43. The number of fused-ring (bicyclic) bond motifs is 1. The second kappa shape index (κ2) is 12.7. The van der Waals surface area contributed by atoms with Crippen molar-refractivity contribution in [3.05, 3.63) is 89.8 Å². The van der Waals surface area contributed by atoms with Crippen LogP contribution >= 0.6 is 0 Å². The second-order valence-corrected chi connectivity index (χ2v) is 9.63. The Labute approximate surface area is 234 Å². The Morgan fingerprint density at radius 1 is 1.15 bits per heavy atom. The number of hydrogen-bond acceptors (Lipinski definition) is 8. The molecule has 0 aliphatic carbocycles. The molecule has 0 fully saturated rings. The van der Waals surface area contributed by atoms with Gasteiger partial charge in [-0.3, -0.25) is 0 Å². The molecule has 0 spiro atoms. The second-order valence-electron chi connectivity index (χ2n) is 9.63. The SMILES string of the molecule is CCOC(=O)N1CCc2nc(Nc3ccc(C4=CC(CC)C=CO4)cc3)nc(N(CCO)c3ccccc3)c2C1. The first-order valence-corrected chi connectivity index (χ1v) is 13.8. The Morgan fingerprint density at radius 2 is 1.95 bits per heavy atom. The van der Waals surface area contributed by atoms with Gasteiger partial charge in [0.2, 0.25) is 5.95 Å². The summed E-state index contributed by atoms with van der Waals surface area (Å²) >= 11 is 0. The molecule has 2 aromatic carbocycles. The Bertz CT molecular complexity index is 1370. The number of para-hydroxylation sites is 1. The molecule has 9 heteroatoms. The number of aromatic nitrogens is 2. The van der Waals surface area contributed by atoms with Gasteiger partial charge >= 0.3 is 6.09 Å². The predicted octanol–water partition coefficient (Wildman–Crippen LogP) is 5.78. The maximum absolute atomic E-state index is 12.6. The number of allylic oxidation sites excluding steroid dienone is 2. The lowest BCUT2D eigenvalue weighted by molar-refractivity contribution is 0.102. The summed E-state index contributed by atoms with van der Waals surface area (Å²) < 4.78 is 11.0. The maximum Gasteiger partial charge on any atom is 0.410 e. The van der Waals surface area contributed by atoms with E-state index in [9.17, 15) is 9.90 Å². The topological polar surface area (TPSA) is 100 Å². The van der Waals surface area contributed by atoms with Crippen molar-refractivity contribution in [1.29, 1.82) is 0 Å². The highest BCUT2D eigenvalue weighted by atomic mass is 16.6. The largest absolute Gasteiger partial charge is 0.465 e. The number of nitrogens with one attached hydrogen (secondary N) is 1. The number of rotatable bonds is 9. The van der Waals surface area contributed by atoms with Crippen molar-refractivity contribution in [1.82, 2.24) is 14.9 Å². The highest BCUT2D eigenvalue weighted by Crippen LogP contribution is 2.33. The minimum atomic E-state index is -0.354. The normalized spacial score (nSPS) is 16.0. The van der Waals surface area contributed by atoms with Gasteiger partial charge in [-0.1, -0.05) is 25.1 Å². The monoisotopic (exact) mass is 541 g/mol. The van der Waals surface area contributed by atoms with Crippen LogP contribution in [-0.4, -0.2) is 52.4 Å². The van der Waals surface area contributed by atoms with Crippen molar-refractivity contribution < 1.29 is 19.4 Å². The molecule has 2 aliphatic rings. The van der Waals surface area contributed by atoms with Gasteiger partial charge in [-0.05, 0) is 61.9 Å². The van der Waals surface area contributed by atoms with Crippen LogP contribution < -0.4 is 10.2 Å². The molecule has 9 nitrogen and oxygen atoms in total. The summed E-state index contributed by atoms with van der Waals surface area (Å²) in [5.74, 6) is 2.32. The van der Waals surface area contributed by atoms with Crippen LogP contribution in [0.1, 0.15) is 37.1 Å². The lowest BCUT2D eigenvalue weighted by Gasteiger charge is -2.32. The summed E-state index contributed by atoms with van der Waals surface area (Å²) in [5, 5.41) is 13.3. The molecule has 208 valence electrons. The van der Waals surface area contributed by atoms with E-state index >= 15 is 0 Å². The predicted molar refractivity (Wildman–Crippen MR) is 155 cm³/mol. The first-order chi connectivity index (χ1) is 19.6. The summed E-state index contributed by atoms with van der Waals surface area (Å²) in [6.45, 7) is 5.37. The van der Waals surface area contributed by atoms with Crippen LogP contribution in [0.5, 0.6) is 0 Å². The average molecular weight is 542 g/mol. The molecule has 1 atom stereocenters. The Kier molecular flexibility index (Phi) is 8.61. The third-order valence-corrected chi connectivity index (χ3v) is 6.99. The zero-order valence-corrected chi connectivity index (χ0v) is 22.9. The van der Waals surface area contributed by atoms with Crippen LogP contribution in [0.2, 0.25) is 0 Å². The van der Waals surface area contributed by atoms with Crippen molar-refractivity contribution >= 4 is 35.0 Å². The number of amides is 1. The number of carbonyl (C=O) groups excluding carboxylic acids is 1. The Balaban J connectivity index is 1.47. The molecule has 40 heavy (non-hydrogen) atoms. The Hall–Kier alpha value is -4.37. The molecule has 1 aromatic heterocycles. The number of ether oxygens (including phenoxy) is 2. The fraction of sp³-hybridized carbons (Fsp3) is 0.323. The van der Waals surface area contributed by atoms with Crippen molar-refractivity contribution in [2.75, 3.05) is 36.5 Å². The van der Waals surface area contributed by atoms with E-state index in [0.717, 1.165) is 40.4 Å². The number of aliphatic hydroxyl groups is 1. The summed E-state index contributed by atoms with van der Waals surface area (Å²) in [7, 11) is 0. The van der Waals surface area contributed by atoms with E-state index < -0.39 is 0 Å². The van der Waals surface area contributed by atoms with E-state index in [1.54, 1.807) is 18.1 Å². The van der Waals surface area contributed by atoms with E-state index in [4.69, 9.17) is 19.4 Å². The zero-order valence-electron chi connectivity index (χ0n) is 22.9. The molecule has 0 radical (unpaired) electrons. The van der Waals surface area contributed by atoms with Crippen molar-refractivity contribution in [3.63, 3.8) is 0 Å². The average Bonchev–Trinajstić information content (AvgIpc) is 3.00. The number of hydrogen-bond donors (Lipinski definition) is 2. The molecule has 3 aromatic rings. The summed E-state index contributed by atoms with van der Waals surface area (Å²) in [6, 6.07) is 17.8. The molecular weight excluding hydrogens is 506 g/mol. The van der Waals surface area contributed by atoms with E-state index in [2.05, 4.69) is 24.4 Å². The smallest absolute Gasteiger partial charge is 0.410 e. The quantitative estimate of drug-likeness (QED) is 0.352. The standard InChI is InChI=1S/C31H35N5O4/c1-3-22-15-19-40-28(20-22)23-10-12-24(13-11-23)32-30-33-27-14-16-35(31(38)39-4-2)21-26(27)29(34-30)36(17-18-37)25-8-6-5-7-9-25/h5-13,15,19-20,22,37H,3-4,14,16-18,21H2,1-2H3,(H,32,33,34). The van der Waals surface area contributed by atoms with E-state index in [-0.39, 0.29) is 12.7 Å². The number of carbonyl (C=O) groups is 1. The molecule has 5 rings (SSSR count). The van der Waals surface area contributed by atoms with Crippen LogP contribution in [0.3, 0.4) is 0 Å². The van der Waals surface area contributed by atoms with E-state index in [0.29, 0.717) is 50.3 Å². The van der Waals surface area contributed by atoms with Crippen molar-refractivity contribution in [2.45, 2.75) is 33.2 Å². The maximum atomic E-state index is 12.6. The summed E-state index contributed by atoms with van der Waals surface area (Å²) in [6.07, 6.45) is 7.19. The van der Waals surface area contributed by atoms with Crippen LogP contribution in [0.15, 0.2) is 73.0 Å². The lowest BCUT2D eigenvalue weighted by Crippen LogP contribution is -2.38. The lowest BCUT2D eigenvalue weighted by atomic mass is 10.0. The molecule has 0 bridgehead atoms. The number of aliphatic hydroxyl groups excluding tert-OH is 1. The van der Waals surface area contributed by atoms with E-state index in [1.807, 2.05) is 59.5 Å². The van der Waals surface area contributed by atoms with Gasteiger partial charge in [0.1, 0.15) is 11.6 Å². The number of anilines is 4. The van der Waals surface area contributed by atoms with Crippen LogP contribution in [-0.2, 0) is 22.4 Å². The third kappa shape index (κ3) is 6.10. The highest BCUT2D eigenvalue weighted by Gasteiger charge is 2.29. The van der Waals surface area contributed by atoms with Gasteiger partial charge in [0.25, 0.3) is 0 Å². The molecule has 0 saturated heterocycles. The highest BCUT2D eigenvalue weighted by molar-refractivity contribution is 5.71. The third-order valence-electron chi connectivity index (χ3n) is 6.99. The van der Waals surface area contributed by atoms with Gasteiger partial charge in [0, 0.05) is 47.9 Å². The van der Waals surface area contributed by atoms with Gasteiger partial charge in [-0.15, -0.1) is 0 Å². The number of benzene rings is 2. The fourth-order valence-electron chi connectivity index (χ4n) is 4.88. The molecule has 1 amide bonds. The molecule has 1 unspecified atom stereocenters. The fourth-order valence-corrected chi connectivity index (χ4v) is 4.88. The molecular formula is C31H35N5O4. The first-order valence-electron chi connectivity index (χ1n) is 13.8. The number of nitrogens with zero attached hydrogens (tertiary/aromatic N) is 4. The molecule has 0 saturated carbocycles. The van der Waals surface area contributed by atoms with Gasteiger partial charge < -0.3 is 29.7 Å². The zero-order chi connectivity index (χ0) is 27.9. The first kappa shape index (κ1) is 27.2. The van der Waals surface area contributed by atoms with Crippen LogP contribution in [0.25, 0.3) is 5.76 Å². The molecule has 2 N–H and O–H groups in total. The molecule has 2 aliphatic heterocycles. The minimum absolute atomic E-state index is 0.0640. The Morgan fingerprint density at radius 3 is 2.67 bits per heavy atom. The van der Waals surface area contributed by atoms with Crippen molar-refractivity contribution in [2.24, 2.45) is 5.92 Å². The van der Waals surface area contributed by atoms with Crippen molar-refractivity contribution in [3.8, 4) is 0 Å². The van der Waals surface area contributed by atoms with E-state index in [1.165, 1.54) is 0 Å². The molecule has 3 heterocycles. The summed E-state index contributed by atoms with van der Waals surface area (Å²) in [4.78, 5) is 26.0. The van der Waals surface area contributed by atoms with Gasteiger partial charge in [-0.25, -0.2) is 9.78 Å². The van der Waals surface area contributed by atoms with Crippen LogP contribution in [0.4, 0.5) is 27.9 Å².